The van der Waals surface area contributed by atoms with Gasteiger partial charge in [0.15, 0.2) is 0 Å². The van der Waals surface area contributed by atoms with Gasteiger partial charge in [-0.05, 0) is 43.5 Å². The average molecular weight is 290 g/mol. The van der Waals surface area contributed by atoms with Gasteiger partial charge in [-0.2, -0.15) is 0 Å². The average Bonchev–Trinajstić information content (AvgIpc) is 2.24. The van der Waals surface area contributed by atoms with Gasteiger partial charge in [0.2, 0.25) is 0 Å². The Hall–Kier alpha value is -0.450. The Kier molecular flexibility index (Phi) is 5.95. The fourth-order valence-electron chi connectivity index (χ4n) is 1.56. The van der Waals surface area contributed by atoms with E-state index in [2.05, 4.69) is 15.9 Å². The highest BCUT2D eigenvalue weighted by Crippen LogP contribution is 2.23. The van der Waals surface area contributed by atoms with Crippen molar-refractivity contribution >= 4 is 15.9 Å². The lowest BCUT2D eigenvalue weighted by Gasteiger charge is -2.08. The van der Waals surface area contributed by atoms with E-state index >= 15 is 0 Å². The molecule has 0 unspecified atom stereocenters. The molecule has 0 amide bonds. The van der Waals surface area contributed by atoms with E-state index in [0.29, 0.717) is 12.1 Å². The van der Waals surface area contributed by atoms with Crippen molar-refractivity contribution in [2.24, 2.45) is 5.73 Å². The maximum absolute atomic E-state index is 13.7. The number of ether oxygens (including phenoxy) is 1. The van der Waals surface area contributed by atoms with Crippen LogP contribution in [0.25, 0.3) is 0 Å². The van der Waals surface area contributed by atoms with Crippen molar-refractivity contribution in [3.63, 3.8) is 0 Å². The molecule has 90 valence electrons. The Morgan fingerprint density at radius 1 is 1.38 bits per heavy atom. The Bertz CT molecular complexity index is 321. The van der Waals surface area contributed by atoms with Crippen LogP contribution >= 0.6 is 15.9 Å². The molecule has 0 spiro atoms. The van der Waals surface area contributed by atoms with E-state index in [1.807, 2.05) is 6.07 Å². The first-order chi connectivity index (χ1) is 7.69. The quantitative estimate of drug-likeness (QED) is 0.817. The summed E-state index contributed by atoms with van der Waals surface area (Å²) < 4.78 is 19.4. The molecule has 0 aliphatic carbocycles. The van der Waals surface area contributed by atoms with E-state index < -0.39 is 0 Å². The second kappa shape index (κ2) is 6.99. The fourth-order valence-corrected chi connectivity index (χ4v) is 2.15. The molecule has 0 saturated heterocycles. The molecule has 0 fully saturated rings. The largest absolute Gasteiger partial charge is 0.380 e. The Morgan fingerprint density at radius 3 is 2.69 bits per heavy atom. The van der Waals surface area contributed by atoms with Crippen molar-refractivity contribution in [3.05, 3.63) is 33.5 Å². The summed E-state index contributed by atoms with van der Waals surface area (Å²) >= 11 is 3.36. The van der Waals surface area contributed by atoms with Crippen LogP contribution in [0.2, 0.25) is 0 Å². The molecule has 2 N–H and O–H groups in total. The highest BCUT2D eigenvalue weighted by atomic mass is 79.9. The van der Waals surface area contributed by atoms with Crippen molar-refractivity contribution in [1.82, 2.24) is 0 Å². The van der Waals surface area contributed by atoms with Crippen LogP contribution in [0, 0.1) is 5.82 Å². The first-order valence-electron chi connectivity index (χ1n) is 5.34. The van der Waals surface area contributed by atoms with Gasteiger partial charge >= 0.3 is 0 Å². The second-order valence-electron chi connectivity index (χ2n) is 3.72. The van der Waals surface area contributed by atoms with E-state index in [9.17, 15) is 4.39 Å². The van der Waals surface area contributed by atoms with Gasteiger partial charge in [0.25, 0.3) is 0 Å². The van der Waals surface area contributed by atoms with E-state index in [4.69, 9.17) is 10.5 Å². The van der Waals surface area contributed by atoms with Crippen molar-refractivity contribution in [2.45, 2.75) is 25.9 Å². The summed E-state index contributed by atoms with van der Waals surface area (Å²) in [6, 6.07) is 3.53. The fraction of sp³-hybridized carbons (Fsp3) is 0.500. The predicted octanol–water partition coefficient (Wildman–Crippen LogP) is 3.02. The predicted molar refractivity (Wildman–Crippen MR) is 66.8 cm³/mol. The number of benzene rings is 1. The lowest BCUT2D eigenvalue weighted by Crippen LogP contribution is -2.00. The van der Waals surface area contributed by atoms with Crippen LogP contribution in [0.15, 0.2) is 16.6 Å². The molecular weight excluding hydrogens is 273 g/mol. The van der Waals surface area contributed by atoms with Gasteiger partial charge in [0, 0.05) is 17.1 Å². The van der Waals surface area contributed by atoms with Crippen LogP contribution in [-0.2, 0) is 17.8 Å². The van der Waals surface area contributed by atoms with Crippen LogP contribution in [0.3, 0.4) is 0 Å². The molecule has 0 heterocycles. The third kappa shape index (κ3) is 3.85. The van der Waals surface area contributed by atoms with Gasteiger partial charge in [-0.1, -0.05) is 15.9 Å². The zero-order valence-corrected chi connectivity index (χ0v) is 11.0. The molecule has 1 rings (SSSR count). The summed E-state index contributed by atoms with van der Waals surface area (Å²) in [6.45, 7) is 0.973. The first kappa shape index (κ1) is 13.6. The van der Waals surface area contributed by atoms with Crippen LogP contribution < -0.4 is 5.73 Å². The number of hydrogen-bond acceptors (Lipinski definition) is 2. The van der Waals surface area contributed by atoms with Crippen LogP contribution in [0.1, 0.15) is 24.0 Å². The highest BCUT2D eigenvalue weighted by molar-refractivity contribution is 9.10. The van der Waals surface area contributed by atoms with Crippen LogP contribution in [0.5, 0.6) is 0 Å². The minimum Gasteiger partial charge on any atom is -0.380 e. The third-order valence-electron chi connectivity index (χ3n) is 2.41. The molecular formula is C12H17BrFNO. The lowest BCUT2D eigenvalue weighted by atomic mass is 10.1. The minimum atomic E-state index is -0.209. The van der Waals surface area contributed by atoms with Crippen molar-refractivity contribution < 1.29 is 9.13 Å². The second-order valence-corrected chi connectivity index (χ2v) is 4.57. The summed E-state index contributed by atoms with van der Waals surface area (Å²) in [5.41, 5.74) is 6.99. The number of unbranched alkanes of at least 4 members (excludes halogenated alkanes) is 1. The van der Waals surface area contributed by atoms with Gasteiger partial charge in [0.1, 0.15) is 5.82 Å². The van der Waals surface area contributed by atoms with E-state index in [-0.39, 0.29) is 12.4 Å². The standard InChI is InChI=1S/C12H17BrFNO/c1-16-8-10-11(13)6-9(7-12(10)14)4-2-3-5-15/h6-7H,2-5,8,15H2,1H3. The molecule has 0 aromatic heterocycles. The molecule has 0 atom stereocenters. The molecule has 0 saturated carbocycles. The number of halogens is 2. The van der Waals surface area contributed by atoms with Gasteiger partial charge in [-0.15, -0.1) is 0 Å². The number of rotatable bonds is 6. The first-order valence-corrected chi connectivity index (χ1v) is 6.14. The van der Waals surface area contributed by atoms with Crippen molar-refractivity contribution in [2.75, 3.05) is 13.7 Å². The molecule has 2 nitrogen and oxygen atoms in total. The molecule has 16 heavy (non-hydrogen) atoms. The molecule has 0 aliphatic heterocycles. The number of aryl methyl sites for hydroxylation is 1. The third-order valence-corrected chi connectivity index (χ3v) is 3.12. The minimum absolute atomic E-state index is 0.209. The number of nitrogens with two attached hydrogens (primary N) is 1. The lowest BCUT2D eigenvalue weighted by molar-refractivity contribution is 0.181. The Balaban J connectivity index is 2.75. The molecule has 4 heteroatoms. The molecule has 0 radical (unpaired) electrons. The summed E-state index contributed by atoms with van der Waals surface area (Å²) in [6.07, 6.45) is 2.82. The highest BCUT2D eigenvalue weighted by Gasteiger charge is 2.08. The zero-order chi connectivity index (χ0) is 12.0. The number of hydrogen-bond donors (Lipinski definition) is 1. The molecule has 0 bridgehead atoms. The van der Waals surface area contributed by atoms with E-state index in [1.54, 1.807) is 13.2 Å². The van der Waals surface area contributed by atoms with Gasteiger partial charge < -0.3 is 10.5 Å². The molecule has 0 aliphatic rings. The smallest absolute Gasteiger partial charge is 0.130 e. The van der Waals surface area contributed by atoms with E-state index in [0.717, 1.165) is 29.3 Å². The van der Waals surface area contributed by atoms with Crippen molar-refractivity contribution in [3.8, 4) is 0 Å². The van der Waals surface area contributed by atoms with Gasteiger partial charge in [-0.25, -0.2) is 4.39 Å². The maximum atomic E-state index is 13.7. The summed E-state index contributed by atoms with van der Waals surface area (Å²) in [7, 11) is 1.56. The van der Waals surface area contributed by atoms with Crippen LogP contribution in [0.4, 0.5) is 4.39 Å². The molecule has 1 aromatic rings. The summed E-state index contributed by atoms with van der Waals surface area (Å²) in [5, 5.41) is 0. The Morgan fingerprint density at radius 2 is 2.12 bits per heavy atom. The summed E-state index contributed by atoms with van der Waals surface area (Å²) in [4.78, 5) is 0. The number of methoxy groups -OCH3 is 1. The summed E-state index contributed by atoms with van der Waals surface area (Å²) in [5.74, 6) is -0.209. The SMILES string of the molecule is COCc1c(F)cc(CCCCN)cc1Br. The zero-order valence-electron chi connectivity index (χ0n) is 9.43. The van der Waals surface area contributed by atoms with Gasteiger partial charge in [0.05, 0.1) is 6.61 Å². The van der Waals surface area contributed by atoms with Gasteiger partial charge in [-0.3, -0.25) is 0 Å². The van der Waals surface area contributed by atoms with Crippen molar-refractivity contribution in [1.29, 1.82) is 0 Å². The monoisotopic (exact) mass is 289 g/mol. The maximum Gasteiger partial charge on any atom is 0.130 e. The normalized spacial score (nSPS) is 10.8. The molecule has 1 aromatic carbocycles. The topological polar surface area (TPSA) is 35.2 Å². The van der Waals surface area contributed by atoms with Crippen LogP contribution in [-0.4, -0.2) is 13.7 Å². The van der Waals surface area contributed by atoms with E-state index in [1.165, 1.54) is 0 Å². The Labute approximate surface area is 104 Å².